The van der Waals surface area contributed by atoms with E-state index >= 15 is 0 Å². The highest BCUT2D eigenvalue weighted by atomic mass is 16.5. The molecule has 1 spiro atoms. The smallest absolute Gasteiger partial charge is 0.277 e. The van der Waals surface area contributed by atoms with E-state index in [0.717, 1.165) is 45.6 Å². The Bertz CT molecular complexity index is 1070. The molecule has 160 valence electrons. The van der Waals surface area contributed by atoms with Gasteiger partial charge in [-0.2, -0.15) is 0 Å². The molecule has 2 aliphatic rings. The van der Waals surface area contributed by atoms with Crippen molar-refractivity contribution in [1.82, 2.24) is 20.3 Å². The average Bonchev–Trinajstić information content (AvgIpc) is 3.21. The molecule has 2 saturated heterocycles. The van der Waals surface area contributed by atoms with Gasteiger partial charge in [0.15, 0.2) is 0 Å². The minimum atomic E-state index is -0.596. The van der Waals surface area contributed by atoms with Gasteiger partial charge in [-0.25, -0.2) is 15.4 Å². The van der Waals surface area contributed by atoms with Gasteiger partial charge in [-0.1, -0.05) is 42.5 Å². The van der Waals surface area contributed by atoms with Gasteiger partial charge >= 0.3 is 0 Å². The van der Waals surface area contributed by atoms with Gasteiger partial charge in [0.25, 0.3) is 5.91 Å². The predicted octanol–water partition coefficient (Wildman–Crippen LogP) is 3.24. The van der Waals surface area contributed by atoms with Crippen molar-refractivity contribution in [3.8, 4) is 0 Å². The fraction of sp³-hybridized carbons (Fsp3) is 0.375. The van der Waals surface area contributed by atoms with Crippen LogP contribution in [0, 0.1) is 5.41 Å². The Balaban J connectivity index is 1.21. The van der Waals surface area contributed by atoms with E-state index in [4.69, 9.17) is 5.21 Å². The zero-order chi connectivity index (χ0) is 21.3. The second-order valence-corrected chi connectivity index (χ2v) is 8.80. The molecule has 0 unspecified atom stereocenters. The number of hydroxylamine groups is 1. The van der Waals surface area contributed by atoms with Crippen molar-refractivity contribution in [3.05, 3.63) is 66.0 Å². The third-order valence-corrected chi connectivity index (χ3v) is 6.90. The Morgan fingerprint density at radius 2 is 1.71 bits per heavy atom. The lowest BCUT2D eigenvalue weighted by atomic mass is 9.78. The van der Waals surface area contributed by atoms with Crippen LogP contribution in [-0.4, -0.2) is 52.2 Å². The summed E-state index contributed by atoms with van der Waals surface area (Å²) in [6.07, 6.45) is 6.41. The molecule has 1 aromatic heterocycles. The maximum atomic E-state index is 11.4. The molecule has 2 aromatic carbocycles. The number of amides is 1. The van der Waals surface area contributed by atoms with Crippen LogP contribution in [0.25, 0.3) is 10.8 Å². The number of fused-ring (bicyclic) bond motifs is 1. The van der Waals surface area contributed by atoms with E-state index in [1.165, 1.54) is 35.2 Å². The van der Waals surface area contributed by atoms with Crippen LogP contribution in [0.15, 0.2) is 54.9 Å². The van der Waals surface area contributed by atoms with Crippen molar-refractivity contribution in [3.63, 3.8) is 0 Å². The van der Waals surface area contributed by atoms with Gasteiger partial charge in [0.1, 0.15) is 0 Å². The van der Waals surface area contributed by atoms with Crippen LogP contribution in [0.1, 0.15) is 35.2 Å². The number of nitrogens with one attached hydrogen (secondary N) is 1. The summed E-state index contributed by atoms with van der Waals surface area (Å²) < 4.78 is 0. The van der Waals surface area contributed by atoms with Crippen LogP contribution in [0.5, 0.6) is 0 Å². The van der Waals surface area contributed by atoms with E-state index in [2.05, 4.69) is 62.2 Å². The van der Waals surface area contributed by atoms with E-state index in [-0.39, 0.29) is 5.56 Å². The standard InChI is InChI=1S/C24H27N5O2/c30-22(27-31)20-14-25-23(26-15-20)29-12-9-24(10-13-29)8-11-28(17-24)16-19-6-3-5-18-4-1-2-7-21(18)19/h1-7,14-15,31H,8-13,16-17H2,(H,27,30). The van der Waals surface area contributed by atoms with Gasteiger partial charge in [-0.15, -0.1) is 0 Å². The van der Waals surface area contributed by atoms with E-state index in [0.29, 0.717) is 11.4 Å². The first kappa shape index (κ1) is 19.9. The van der Waals surface area contributed by atoms with Crippen molar-refractivity contribution >= 4 is 22.6 Å². The highest BCUT2D eigenvalue weighted by Crippen LogP contribution is 2.41. The average molecular weight is 418 g/mol. The summed E-state index contributed by atoms with van der Waals surface area (Å²) in [7, 11) is 0. The minimum absolute atomic E-state index is 0.250. The topological polar surface area (TPSA) is 81.6 Å². The monoisotopic (exact) mass is 417 g/mol. The summed E-state index contributed by atoms with van der Waals surface area (Å²) in [6, 6.07) is 15.2. The quantitative estimate of drug-likeness (QED) is 0.501. The molecule has 0 atom stereocenters. The van der Waals surface area contributed by atoms with E-state index < -0.39 is 5.91 Å². The van der Waals surface area contributed by atoms with Crippen LogP contribution in [0.4, 0.5) is 5.95 Å². The molecule has 5 rings (SSSR count). The Morgan fingerprint density at radius 1 is 1.00 bits per heavy atom. The Morgan fingerprint density at radius 3 is 2.48 bits per heavy atom. The zero-order valence-electron chi connectivity index (χ0n) is 17.5. The molecule has 0 radical (unpaired) electrons. The number of likely N-dealkylation sites (tertiary alicyclic amines) is 1. The molecule has 3 aromatic rings. The molecular formula is C24H27N5O2. The van der Waals surface area contributed by atoms with Crippen molar-refractivity contribution in [2.45, 2.75) is 25.8 Å². The van der Waals surface area contributed by atoms with E-state index in [1.54, 1.807) is 5.48 Å². The van der Waals surface area contributed by atoms with Gasteiger partial charge in [0, 0.05) is 38.6 Å². The molecular weight excluding hydrogens is 390 g/mol. The summed E-state index contributed by atoms with van der Waals surface area (Å²) in [5, 5.41) is 11.4. The zero-order valence-corrected chi connectivity index (χ0v) is 17.5. The number of rotatable bonds is 4. The molecule has 31 heavy (non-hydrogen) atoms. The fourth-order valence-corrected chi connectivity index (χ4v) is 5.09. The van der Waals surface area contributed by atoms with Gasteiger partial charge in [-0.3, -0.25) is 14.9 Å². The van der Waals surface area contributed by atoms with Crippen molar-refractivity contribution in [2.24, 2.45) is 5.41 Å². The lowest BCUT2D eigenvalue weighted by molar-refractivity contribution is 0.0705. The Hall–Kier alpha value is -3.03. The number of piperidine rings is 1. The molecule has 3 heterocycles. The Labute approximate surface area is 181 Å². The maximum absolute atomic E-state index is 11.4. The third-order valence-electron chi connectivity index (χ3n) is 6.90. The fourth-order valence-electron chi connectivity index (χ4n) is 5.09. The molecule has 0 bridgehead atoms. The number of aromatic nitrogens is 2. The lowest BCUT2D eigenvalue weighted by Gasteiger charge is -2.39. The number of hydrogen-bond acceptors (Lipinski definition) is 6. The number of benzene rings is 2. The van der Waals surface area contributed by atoms with Crippen LogP contribution in [0.3, 0.4) is 0 Å². The number of anilines is 1. The number of nitrogens with zero attached hydrogens (tertiary/aromatic N) is 4. The van der Waals surface area contributed by atoms with E-state index in [1.807, 2.05) is 0 Å². The van der Waals surface area contributed by atoms with Gasteiger partial charge in [0.2, 0.25) is 5.95 Å². The number of hydrogen-bond donors (Lipinski definition) is 2. The first-order valence-electron chi connectivity index (χ1n) is 10.9. The first-order valence-corrected chi connectivity index (χ1v) is 10.9. The summed E-state index contributed by atoms with van der Waals surface area (Å²) >= 11 is 0. The normalized spacial score (nSPS) is 18.5. The van der Waals surface area contributed by atoms with Crippen molar-refractivity contribution < 1.29 is 10.0 Å². The third kappa shape index (κ3) is 3.98. The lowest BCUT2D eigenvalue weighted by Crippen LogP contribution is -2.42. The molecule has 1 amide bonds. The van der Waals surface area contributed by atoms with Gasteiger partial charge < -0.3 is 4.90 Å². The number of carbonyl (C=O) groups excluding carboxylic acids is 1. The van der Waals surface area contributed by atoms with Gasteiger partial charge in [-0.05, 0) is 47.6 Å². The molecule has 0 saturated carbocycles. The van der Waals surface area contributed by atoms with Crippen molar-refractivity contribution in [1.29, 1.82) is 0 Å². The van der Waals surface area contributed by atoms with E-state index in [9.17, 15) is 4.79 Å². The predicted molar refractivity (Wildman–Crippen MR) is 119 cm³/mol. The highest BCUT2D eigenvalue weighted by molar-refractivity contribution is 5.92. The van der Waals surface area contributed by atoms with Crippen LogP contribution >= 0.6 is 0 Å². The molecule has 0 aliphatic carbocycles. The second kappa shape index (κ2) is 8.24. The summed E-state index contributed by atoms with van der Waals surface area (Å²) in [5.74, 6) is 0.0522. The molecule has 2 N–H and O–H groups in total. The Kier molecular flexibility index (Phi) is 5.29. The molecule has 7 heteroatoms. The van der Waals surface area contributed by atoms with Crippen molar-refractivity contribution in [2.75, 3.05) is 31.1 Å². The molecule has 2 aliphatic heterocycles. The van der Waals surface area contributed by atoms with Crippen LogP contribution in [-0.2, 0) is 6.54 Å². The molecule has 2 fully saturated rings. The van der Waals surface area contributed by atoms with Crippen LogP contribution < -0.4 is 10.4 Å². The SMILES string of the molecule is O=C(NO)c1cnc(N2CCC3(CCN(Cc4cccc5ccccc45)C3)CC2)nc1. The molecule has 7 nitrogen and oxygen atoms in total. The van der Waals surface area contributed by atoms with Crippen LogP contribution in [0.2, 0.25) is 0 Å². The maximum Gasteiger partial charge on any atom is 0.277 e. The first-order chi connectivity index (χ1) is 15.2. The minimum Gasteiger partial charge on any atom is -0.341 e. The number of carbonyl (C=O) groups is 1. The highest BCUT2D eigenvalue weighted by Gasteiger charge is 2.40. The van der Waals surface area contributed by atoms with Gasteiger partial charge in [0.05, 0.1) is 5.56 Å². The summed E-state index contributed by atoms with van der Waals surface area (Å²) in [5.41, 5.74) is 3.64. The summed E-state index contributed by atoms with van der Waals surface area (Å²) in [6.45, 7) is 5.14. The largest absolute Gasteiger partial charge is 0.341 e. The summed E-state index contributed by atoms with van der Waals surface area (Å²) in [4.78, 5) is 24.9. The second-order valence-electron chi connectivity index (χ2n) is 8.80.